The highest BCUT2D eigenvalue weighted by Crippen LogP contribution is 2.27. The average Bonchev–Trinajstić information content (AvgIpc) is 2.65. The van der Waals surface area contributed by atoms with Crippen LogP contribution in [0.25, 0.3) is 10.9 Å². The highest BCUT2D eigenvalue weighted by Gasteiger charge is 2.06. The van der Waals surface area contributed by atoms with Crippen molar-refractivity contribution in [2.75, 3.05) is 5.32 Å². The lowest BCUT2D eigenvalue weighted by molar-refractivity contribution is 0.483. The van der Waals surface area contributed by atoms with Gasteiger partial charge in [0.25, 0.3) is 0 Å². The Labute approximate surface area is 146 Å². The van der Waals surface area contributed by atoms with E-state index < -0.39 is 0 Å². The van der Waals surface area contributed by atoms with E-state index in [1.807, 2.05) is 66.7 Å². The molecule has 4 heteroatoms. The summed E-state index contributed by atoms with van der Waals surface area (Å²) in [5.41, 5.74) is 3.04. The number of benzene rings is 3. The Balaban J connectivity index is 1.57. The van der Waals surface area contributed by atoms with Gasteiger partial charge in [0.2, 0.25) is 0 Å². The lowest BCUT2D eigenvalue weighted by atomic mass is 10.1. The van der Waals surface area contributed by atoms with Crippen LogP contribution in [0.4, 0.5) is 11.5 Å². The molecule has 0 fully saturated rings. The van der Waals surface area contributed by atoms with Gasteiger partial charge in [0.15, 0.2) is 0 Å². The SMILES string of the molecule is Cc1cccc2c(Nc3ccc(Oc4ccccc4)cc3)ncnc12. The minimum absolute atomic E-state index is 0.792. The second-order valence-corrected chi connectivity index (χ2v) is 5.76. The molecule has 122 valence electrons. The maximum atomic E-state index is 5.82. The third kappa shape index (κ3) is 3.28. The number of fused-ring (bicyclic) bond motifs is 1. The van der Waals surface area contributed by atoms with Gasteiger partial charge in [0.1, 0.15) is 23.6 Å². The first kappa shape index (κ1) is 15.1. The first-order valence-corrected chi connectivity index (χ1v) is 8.10. The van der Waals surface area contributed by atoms with Crippen LogP contribution >= 0.6 is 0 Å². The molecule has 0 radical (unpaired) electrons. The van der Waals surface area contributed by atoms with E-state index in [9.17, 15) is 0 Å². The number of hydrogen-bond donors (Lipinski definition) is 1. The number of ether oxygens (including phenoxy) is 1. The molecular formula is C21H17N3O. The maximum absolute atomic E-state index is 5.82. The number of anilines is 2. The molecule has 3 aromatic carbocycles. The number of nitrogens with zero attached hydrogens (tertiary/aromatic N) is 2. The molecule has 0 amide bonds. The minimum Gasteiger partial charge on any atom is -0.457 e. The first-order valence-electron chi connectivity index (χ1n) is 8.10. The Morgan fingerprint density at radius 1 is 0.760 bits per heavy atom. The van der Waals surface area contributed by atoms with Crippen LogP contribution in [0.15, 0.2) is 79.1 Å². The number of rotatable bonds is 4. The molecule has 0 aliphatic heterocycles. The number of aryl methyl sites for hydroxylation is 1. The largest absolute Gasteiger partial charge is 0.457 e. The van der Waals surface area contributed by atoms with Crippen molar-refractivity contribution in [1.82, 2.24) is 9.97 Å². The van der Waals surface area contributed by atoms with Crippen molar-refractivity contribution in [3.63, 3.8) is 0 Å². The fraction of sp³-hybridized carbons (Fsp3) is 0.0476. The van der Waals surface area contributed by atoms with Crippen molar-refractivity contribution < 1.29 is 4.74 Å². The van der Waals surface area contributed by atoms with Crippen LogP contribution in [-0.4, -0.2) is 9.97 Å². The fourth-order valence-electron chi connectivity index (χ4n) is 2.70. The van der Waals surface area contributed by atoms with E-state index in [1.54, 1.807) is 6.33 Å². The van der Waals surface area contributed by atoms with Crippen molar-refractivity contribution >= 4 is 22.4 Å². The molecule has 4 rings (SSSR count). The third-order valence-electron chi connectivity index (χ3n) is 3.96. The summed E-state index contributed by atoms with van der Waals surface area (Å²) in [6, 6.07) is 23.6. The summed E-state index contributed by atoms with van der Waals surface area (Å²) >= 11 is 0. The summed E-state index contributed by atoms with van der Waals surface area (Å²) in [6.45, 7) is 2.05. The molecule has 0 bridgehead atoms. The van der Waals surface area contributed by atoms with Crippen LogP contribution in [0.5, 0.6) is 11.5 Å². The Hall–Kier alpha value is -3.40. The summed E-state index contributed by atoms with van der Waals surface area (Å²) < 4.78 is 5.82. The van der Waals surface area contributed by atoms with Crippen LogP contribution in [0.3, 0.4) is 0 Å². The number of nitrogens with one attached hydrogen (secondary N) is 1. The zero-order chi connectivity index (χ0) is 17.1. The second-order valence-electron chi connectivity index (χ2n) is 5.76. The van der Waals surface area contributed by atoms with Gasteiger partial charge in [-0.3, -0.25) is 0 Å². The molecular weight excluding hydrogens is 310 g/mol. The van der Waals surface area contributed by atoms with Crippen molar-refractivity contribution in [3.05, 3.63) is 84.7 Å². The van der Waals surface area contributed by atoms with E-state index in [0.717, 1.165) is 39.5 Å². The summed E-state index contributed by atoms with van der Waals surface area (Å²) in [5.74, 6) is 2.41. The topological polar surface area (TPSA) is 47.0 Å². The van der Waals surface area contributed by atoms with Gasteiger partial charge in [-0.2, -0.15) is 0 Å². The molecule has 25 heavy (non-hydrogen) atoms. The smallest absolute Gasteiger partial charge is 0.141 e. The van der Waals surface area contributed by atoms with E-state index in [-0.39, 0.29) is 0 Å². The van der Waals surface area contributed by atoms with Crippen molar-refractivity contribution in [2.24, 2.45) is 0 Å². The molecule has 0 spiro atoms. The molecule has 1 heterocycles. The van der Waals surface area contributed by atoms with Crippen LogP contribution in [0, 0.1) is 6.92 Å². The van der Waals surface area contributed by atoms with Crippen LogP contribution < -0.4 is 10.1 Å². The van der Waals surface area contributed by atoms with Gasteiger partial charge in [-0.05, 0) is 55.0 Å². The van der Waals surface area contributed by atoms with Crippen LogP contribution in [-0.2, 0) is 0 Å². The molecule has 0 aliphatic rings. The Bertz CT molecular complexity index is 998. The predicted octanol–water partition coefficient (Wildman–Crippen LogP) is 5.47. The monoisotopic (exact) mass is 327 g/mol. The fourth-order valence-corrected chi connectivity index (χ4v) is 2.70. The maximum Gasteiger partial charge on any atom is 0.141 e. The highest BCUT2D eigenvalue weighted by atomic mass is 16.5. The van der Waals surface area contributed by atoms with Crippen molar-refractivity contribution in [3.8, 4) is 11.5 Å². The molecule has 0 aliphatic carbocycles. The minimum atomic E-state index is 0.792. The van der Waals surface area contributed by atoms with Gasteiger partial charge in [-0.25, -0.2) is 9.97 Å². The molecule has 4 aromatic rings. The normalized spacial score (nSPS) is 10.6. The van der Waals surface area contributed by atoms with E-state index >= 15 is 0 Å². The summed E-state index contributed by atoms with van der Waals surface area (Å²) in [6.07, 6.45) is 1.59. The molecule has 0 atom stereocenters. The van der Waals surface area contributed by atoms with Gasteiger partial charge in [-0.1, -0.05) is 30.3 Å². The first-order chi connectivity index (χ1) is 12.3. The lowest BCUT2D eigenvalue weighted by Gasteiger charge is -2.10. The molecule has 1 N–H and O–H groups in total. The van der Waals surface area contributed by atoms with Gasteiger partial charge in [0, 0.05) is 11.1 Å². The van der Waals surface area contributed by atoms with E-state index in [1.165, 1.54) is 0 Å². The predicted molar refractivity (Wildman–Crippen MR) is 101 cm³/mol. The third-order valence-corrected chi connectivity index (χ3v) is 3.96. The van der Waals surface area contributed by atoms with E-state index in [0.29, 0.717) is 0 Å². The Morgan fingerprint density at radius 2 is 1.52 bits per heavy atom. The number of aromatic nitrogens is 2. The standard InChI is InChI=1S/C21H17N3O/c1-15-6-5-9-19-20(15)22-14-23-21(19)24-16-10-12-18(13-11-16)25-17-7-3-2-4-8-17/h2-14H,1H3,(H,22,23,24). The van der Waals surface area contributed by atoms with Crippen LogP contribution in [0.2, 0.25) is 0 Å². The number of hydrogen-bond acceptors (Lipinski definition) is 4. The van der Waals surface area contributed by atoms with E-state index in [4.69, 9.17) is 4.74 Å². The van der Waals surface area contributed by atoms with Gasteiger partial charge < -0.3 is 10.1 Å². The summed E-state index contributed by atoms with van der Waals surface area (Å²) in [5, 5.41) is 4.37. The molecule has 4 nitrogen and oxygen atoms in total. The van der Waals surface area contributed by atoms with Crippen LogP contribution in [0.1, 0.15) is 5.56 Å². The molecule has 1 aromatic heterocycles. The summed E-state index contributed by atoms with van der Waals surface area (Å²) in [7, 11) is 0. The van der Waals surface area contributed by atoms with Gasteiger partial charge >= 0.3 is 0 Å². The van der Waals surface area contributed by atoms with E-state index in [2.05, 4.69) is 28.3 Å². The quantitative estimate of drug-likeness (QED) is 0.539. The molecule has 0 saturated carbocycles. The molecule has 0 saturated heterocycles. The Kier molecular flexibility index (Phi) is 4.01. The second kappa shape index (κ2) is 6.61. The van der Waals surface area contributed by atoms with Crippen molar-refractivity contribution in [1.29, 1.82) is 0 Å². The highest BCUT2D eigenvalue weighted by molar-refractivity contribution is 5.92. The Morgan fingerprint density at radius 3 is 2.32 bits per heavy atom. The van der Waals surface area contributed by atoms with Crippen molar-refractivity contribution in [2.45, 2.75) is 6.92 Å². The number of para-hydroxylation sites is 2. The molecule has 0 unspecified atom stereocenters. The summed E-state index contributed by atoms with van der Waals surface area (Å²) in [4.78, 5) is 8.75. The average molecular weight is 327 g/mol. The zero-order valence-electron chi connectivity index (χ0n) is 13.8. The zero-order valence-corrected chi connectivity index (χ0v) is 13.8. The van der Waals surface area contributed by atoms with Gasteiger partial charge in [0.05, 0.1) is 5.52 Å². The lowest BCUT2D eigenvalue weighted by Crippen LogP contribution is -1.96. The van der Waals surface area contributed by atoms with Gasteiger partial charge in [-0.15, -0.1) is 0 Å².